The lowest BCUT2D eigenvalue weighted by atomic mass is 9.85. The zero-order valence-corrected chi connectivity index (χ0v) is 16.8. The number of hydrogen-bond donors (Lipinski definition) is 2. The zero-order valence-electron chi connectivity index (χ0n) is 16.0. The number of hydrogen-bond acceptors (Lipinski definition) is 6. The fraction of sp³-hybridized carbons (Fsp3) is 0.227. The number of rotatable bonds is 4. The van der Waals surface area contributed by atoms with E-state index < -0.39 is 6.04 Å². The van der Waals surface area contributed by atoms with Crippen molar-refractivity contribution in [2.75, 3.05) is 5.32 Å². The van der Waals surface area contributed by atoms with Crippen LogP contribution in [0, 0.1) is 5.82 Å². The molecular formula is C22H19FN4O2S. The number of aromatic nitrogens is 3. The van der Waals surface area contributed by atoms with Crippen LogP contribution in [0.1, 0.15) is 36.4 Å². The van der Waals surface area contributed by atoms with E-state index in [0.29, 0.717) is 34.4 Å². The number of ketones is 1. The number of fused-ring (bicyclic) bond motifs is 1. The standard InChI is InChI=1S/C22H19FN4O2S/c23-16-8-2-1-5-14(16)12-30-22-25-21-24-17-9-4-10-18(29)19(17)20(27(21)26-22)13-6-3-7-15(28)11-13/h1-3,5-8,11,20,28H,4,9-10,12H2,(H,24,25,26)/t20-/m0/s1. The maximum Gasteiger partial charge on any atom is 0.227 e. The molecule has 0 fully saturated rings. The number of anilines is 1. The van der Waals surface area contributed by atoms with Gasteiger partial charge in [-0.05, 0) is 42.2 Å². The molecule has 30 heavy (non-hydrogen) atoms. The summed E-state index contributed by atoms with van der Waals surface area (Å²) < 4.78 is 15.6. The fourth-order valence-corrected chi connectivity index (χ4v) is 4.77. The third-order valence-corrected chi connectivity index (χ3v) is 6.24. The molecule has 0 radical (unpaired) electrons. The Morgan fingerprint density at radius 3 is 2.90 bits per heavy atom. The molecule has 0 saturated heterocycles. The van der Waals surface area contributed by atoms with Crippen molar-refractivity contribution in [1.29, 1.82) is 0 Å². The van der Waals surface area contributed by atoms with Gasteiger partial charge in [0, 0.05) is 23.4 Å². The summed E-state index contributed by atoms with van der Waals surface area (Å²) in [6.07, 6.45) is 2.05. The SMILES string of the molecule is O=C1CCCC2=C1[C@H](c1cccc(O)c1)n1nc(SCc3ccccc3F)nc1N2. The minimum absolute atomic E-state index is 0.0822. The third kappa shape index (κ3) is 3.37. The molecular weight excluding hydrogens is 403 g/mol. The van der Waals surface area contributed by atoms with E-state index in [0.717, 1.165) is 24.1 Å². The number of carbonyl (C=O) groups excluding carboxylic acids is 1. The van der Waals surface area contributed by atoms with Gasteiger partial charge in [0.05, 0.1) is 0 Å². The van der Waals surface area contributed by atoms with Crippen molar-refractivity contribution in [1.82, 2.24) is 14.8 Å². The molecule has 8 heteroatoms. The first-order valence-electron chi connectivity index (χ1n) is 9.75. The molecule has 0 bridgehead atoms. The van der Waals surface area contributed by atoms with E-state index in [9.17, 15) is 14.3 Å². The average Bonchev–Trinajstić information content (AvgIpc) is 3.14. The average molecular weight is 422 g/mol. The number of carbonyl (C=O) groups is 1. The monoisotopic (exact) mass is 422 g/mol. The number of benzene rings is 2. The Morgan fingerprint density at radius 2 is 2.07 bits per heavy atom. The molecule has 0 amide bonds. The summed E-state index contributed by atoms with van der Waals surface area (Å²) in [7, 11) is 0. The van der Waals surface area contributed by atoms with Crippen LogP contribution in [0.3, 0.4) is 0 Å². The van der Waals surface area contributed by atoms with Crippen molar-refractivity contribution >= 4 is 23.5 Å². The molecule has 0 spiro atoms. The second-order valence-electron chi connectivity index (χ2n) is 7.33. The van der Waals surface area contributed by atoms with E-state index in [-0.39, 0.29) is 17.3 Å². The Hall–Kier alpha value is -3.13. The van der Waals surface area contributed by atoms with E-state index >= 15 is 0 Å². The number of allylic oxidation sites excluding steroid dienone is 2. The smallest absolute Gasteiger partial charge is 0.227 e. The van der Waals surface area contributed by atoms with Gasteiger partial charge >= 0.3 is 0 Å². The predicted molar refractivity (Wildman–Crippen MR) is 112 cm³/mol. The third-order valence-electron chi connectivity index (χ3n) is 5.35. The number of phenolic OH excluding ortho intramolecular Hbond substituents is 1. The van der Waals surface area contributed by atoms with Crippen LogP contribution in [-0.4, -0.2) is 25.7 Å². The van der Waals surface area contributed by atoms with Crippen molar-refractivity contribution in [3.05, 3.63) is 76.7 Å². The summed E-state index contributed by atoms with van der Waals surface area (Å²) in [6.45, 7) is 0. The molecule has 2 heterocycles. The lowest BCUT2D eigenvalue weighted by molar-refractivity contribution is -0.116. The van der Waals surface area contributed by atoms with Crippen molar-refractivity contribution in [2.24, 2.45) is 0 Å². The van der Waals surface area contributed by atoms with Gasteiger partial charge in [0.15, 0.2) is 5.78 Å². The zero-order chi connectivity index (χ0) is 20.7. The molecule has 6 nitrogen and oxygen atoms in total. The van der Waals surface area contributed by atoms with Gasteiger partial charge in [-0.3, -0.25) is 4.79 Å². The van der Waals surface area contributed by atoms with Gasteiger partial charge in [-0.25, -0.2) is 9.07 Å². The van der Waals surface area contributed by atoms with E-state index in [1.807, 2.05) is 6.07 Å². The van der Waals surface area contributed by atoms with Crippen molar-refractivity contribution < 1.29 is 14.3 Å². The van der Waals surface area contributed by atoms with E-state index in [2.05, 4.69) is 15.4 Å². The minimum atomic E-state index is -0.452. The Kier molecular flexibility index (Phi) is 4.78. The van der Waals surface area contributed by atoms with Gasteiger partial charge in [-0.1, -0.05) is 42.1 Å². The van der Waals surface area contributed by atoms with Gasteiger partial charge in [0.1, 0.15) is 17.6 Å². The van der Waals surface area contributed by atoms with Crippen molar-refractivity contribution in [2.45, 2.75) is 36.2 Å². The molecule has 5 rings (SSSR count). The van der Waals surface area contributed by atoms with Crippen LogP contribution in [0.25, 0.3) is 0 Å². The highest BCUT2D eigenvalue weighted by Gasteiger charge is 2.36. The topological polar surface area (TPSA) is 80.0 Å². The molecule has 2 N–H and O–H groups in total. The van der Waals surface area contributed by atoms with E-state index in [4.69, 9.17) is 0 Å². The number of Topliss-reactive ketones (excluding diaryl/α,β-unsaturated/α-hetero) is 1. The van der Waals surface area contributed by atoms with Crippen LogP contribution < -0.4 is 5.32 Å². The Bertz CT molecular complexity index is 1170. The van der Waals surface area contributed by atoms with Gasteiger partial charge in [-0.15, -0.1) is 5.10 Å². The molecule has 3 aromatic rings. The molecule has 2 aliphatic rings. The summed E-state index contributed by atoms with van der Waals surface area (Å²) in [5.74, 6) is 0.908. The molecule has 2 aromatic carbocycles. The minimum Gasteiger partial charge on any atom is -0.508 e. The Labute approximate surface area is 176 Å². The van der Waals surface area contributed by atoms with Gasteiger partial charge in [0.25, 0.3) is 0 Å². The van der Waals surface area contributed by atoms with Gasteiger partial charge in [0.2, 0.25) is 11.1 Å². The maximum absolute atomic E-state index is 13.9. The summed E-state index contributed by atoms with van der Waals surface area (Å²) in [4.78, 5) is 17.4. The molecule has 1 aliphatic heterocycles. The largest absolute Gasteiger partial charge is 0.508 e. The first kappa shape index (κ1) is 18.9. The second-order valence-corrected chi connectivity index (χ2v) is 8.28. The first-order chi connectivity index (χ1) is 14.6. The van der Waals surface area contributed by atoms with Crippen LogP contribution in [0.5, 0.6) is 5.75 Å². The number of aromatic hydroxyl groups is 1. The first-order valence-corrected chi connectivity index (χ1v) is 10.7. The Balaban J connectivity index is 1.52. The van der Waals surface area contributed by atoms with Crippen LogP contribution in [0.4, 0.5) is 10.3 Å². The number of nitrogens with zero attached hydrogens (tertiary/aromatic N) is 3. The highest BCUT2D eigenvalue weighted by molar-refractivity contribution is 7.98. The highest BCUT2D eigenvalue weighted by atomic mass is 32.2. The lowest BCUT2D eigenvalue weighted by Gasteiger charge is -2.32. The molecule has 0 unspecified atom stereocenters. The summed E-state index contributed by atoms with van der Waals surface area (Å²) in [5.41, 5.74) is 2.90. The predicted octanol–water partition coefficient (Wildman–Crippen LogP) is 4.44. The summed E-state index contributed by atoms with van der Waals surface area (Å²) in [6, 6.07) is 13.1. The molecule has 152 valence electrons. The fourth-order valence-electron chi connectivity index (χ4n) is 3.96. The quantitative estimate of drug-likeness (QED) is 0.605. The van der Waals surface area contributed by atoms with Gasteiger partial charge in [-0.2, -0.15) is 4.98 Å². The maximum atomic E-state index is 13.9. The number of phenols is 1. The van der Waals surface area contributed by atoms with Crippen LogP contribution in [0.2, 0.25) is 0 Å². The molecule has 1 atom stereocenters. The number of thioether (sulfide) groups is 1. The highest BCUT2D eigenvalue weighted by Crippen LogP contribution is 2.41. The van der Waals surface area contributed by atoms with Crippen LogP contribution in [0.15, 0.2) is 65.0 Å². The van der Waals surface area contributed by atoms with Crippen LogP contribution >= 0.6 is 11.8 Å². The van der Waals surface area contributed by atoms with E-state index in [1.165, 1.54) is 17.8 Å². The van der Waals surface area contributed by atoms with Crippen LogP contribution in [-0.2, 0) is 10.5 Å². The van der Waals surface area contributed by atoms with E-state index in [1.54, 1.807) is 41.1 Å². The summed E-state index contributed by atoms with van der Waals surface area (Å²) >= 11 is 1.34. The molecule has 0 saturated carbocycles. The number of nitrogens with one attached hydrogen (secondary N) is 1. The Morgan fingerprint density at radius 1 is 1.20 bits per heavy atom. The molecule has 1 aliphatic carbocycles. The normalized spacial score (nSPS) is 18.0. The van der Waals surface area contributed by atoms with Gasteiger partial charge < -0.3 is 10.4 Å². The second kappa shape index (κ2) is 7.60. The molecule has 1 aromatic heterocycles. The van der Waals surface area contributed by atoms with Crippen molar-refractivity contribution in [3.63, 3.8) is 0 Å². The lowest BCUT2D eigenvalue weighted by Crippen LogP contribution is -2.31. The summed E-state index contributed by atoms with van der Waals surface area (Å²) in [5, 5.41) is 18.4. The van der Waals surface area contributed by atoms with Crippen molar-refractivity contribution in [3.8, 4) is 5.75 Å². The number of halogens is 1.